The van der Waals surface area contributed by atoms with E-state index in [4.69, 9.17) is 9.72 Å². The minimum Gasteiger partial charge on any atom is -0.376 e. The van der Waals surface area contributed by atoms with Crippen LogP contribution in [0, 0.1) is 0 Å². The number of rotatable bonds is 4. The molecule has 0 aromatic carbocycles. The van der Waals surface area contributed by atoms with E-state index in [1.54, 1.807) is 6.20 Å². The molecule has 1 aromatic heterocycles. The van der Waals surface area contributed by atoms with Crippen LogP contribution in [0.4, 0.5) is 5.95 Å². The van der Waals surface area contributed by atoms with Crippen molar-refractivity contribution in [1.82, 2.24) is 19.8 Å². The smallest absolute Gasteiger partial charge is 0.257 e. The molecule has 0 radical (unpaired) electrons. The Morgan fingerprint density at radius 2 is 2.12 bits per heavy atom. The van der Waals surface area contributed by atoms with E-state index in [1.807, 2.05) is 4.90 Å². The standard InChI is InChI=1S/C17H25N5O2/c1-2-20-5-7-21(8-6-20)17-18-10-14-15(19-17)12-22(16(14)23)11-13-4-3-9-24-13/h10,13H,2-9,11-12H2,1H3. The van der Waals surface area contributed by atoms with Crippen LogP contribution in [-0.4, -0.2) is 77.7 Å². The van der Waals surface area contributed by atoms with Crippen molar-refractivity contribution in [1.29, 1.82) is 0 Å². The zero-order chi connectivity index (χ0) is 16.5. The summed E-state index contributed by atoms with van der Waals surface area (Å²) >= 11 is 0. The van der Waals surface area contributed by atoms with Crippen LogP contribution in [0.5, 0.6) is 0 Å². The quantitative estimate of drug-likeness (QED) is 0.811. The molecule has 1 unspecified atom stereocenters. The van der Waals surface area contributed by atoms with Crippen molar-refractivity contribution in [3.05, 3.63) is 17.5 Å². The maximum absolute atomic E-state index is 12.5. The summed E-state index contributed by atoms with van der Waals surface area (Å²) < 4.78 is 5.66. The Morgan fingerprint density at radius 1 is 1.29 bits per heavy atom. The zero-order valence-corrected chi connectivity index (χ0v) is 14.3. The Morgan fingerprint density at radius 3 is 2.83 bits per heavy atom. The van der Waals surface area contributed by atoms with Crippen LogP contribution < -0.4 is 4.90 Å². The normalized spacial score (nSPS) is 24.7. The Balaban J connectivity index is 1.44. The van der Waals surface area contributed by atoms with Crippen LogP contribution in [0.2, 0.25) is 0 Å². The summed E-state index contributed by atoms with van der Waals surface area (Å²) in [5.74, 6) is 0.805. The Kier molecular flexibility index (Phi) is 4.37. The number of aromatic nitrogens is 2. The number of amides is 1. The van der Waals surface area contributed by atoms with Crippen LogP contribution in [-0.2, 0) is 11.3 Å². The molecular weight excluding hydrogens is 306 g/mol. The van der Waals surface area contributed by atoms with Crippen LogP contribution in [0.25, 0.3) is 0 Å². The highest BCUT2D eigenvalue weighted by molar-refractivity contribution is 5.97. The van der Waals surface area contributed by atoms with Crippen LogP contribution in [0.3, 0.4) is 0 Å². The molecule has 1 atom stereocenters. The number of nitrogens with zero attached hydrogens (tertiary/aromatic N) is 5. The molecule has 7 nitrogen and oxygen atoms in total. The predicted molar refractivity (Wildman–Crippen MR) is 90.1 cm³/mol. The SMILES string of the molecule is CCN1CCN(c2ncc3c(n2)CN(CC2CCCO2)C3=O)CC1. The minimum atomic E-state index is 0.0443. The van der Waals surface area contributed by atoms with Gasteiger partial charge in [0, 0.05) is 45.5 Å². The molecule has 0 saturated carbocycles. The number of hydrogen-bond acceptors (Lipinski definition) is 6. The fraction of sp³-hybridized carbons (Fsp3) is 0.706. The monoisotopic (exact) mass is 331 g/mol. The minimum absolute atomic E-state index is 0.0443. The Labute approximate surface area is 142 Å². The van der Waals surface area contributed by atoms with Crippen LogP contribution in [0.15, 0.2) is 6.20 Å². The number of fused-ring (bicyclic) bond motifs is 1. The fourth-order valence-electron chi connectivity index (χ4n) is 3.73. The number of ether oxygens (including phenoxy) is 1. The highest BCUT2D eigenvalue weighted by atomic mass is 16.5. The highest BCUT2D eigenvalue weighted by Crippen LogP contribution is 2.25. The van der Waals surface area contributed by atoms with E-state index in [0.717, 1.165) is 63.8 Å². The van der Waals surface area contributed by atoms with Crippen LogP contribution >= 0.6 is 0 Å². The molecule has 3 aliphatic rings. The van der Waals surface area contributed by atoms with Crippen molar-refractivity contribution in [2.75, 3.05) is 50.8 Å². The van der Waals surface area contributed by atoms with Crippen LogP contribution in [0.1, 0.15) is 35.8 Å². The molecule has 0 spiro atoms. The molecule has 0 bridgehead atoms. The molecule has 1 amide bonds. The summed E-state index contributed by atoms with van der Waals surface area (Å²) in [6.07, 6.45) is 4.02. The molecule has 0 N–H and O–H groups in total. The van der Waals surface area contributed by atoms with Gasteiger partial charge in [0.05, 0.1) is 23.9 Å². The van der Waals surface area contributed by atoms with Gasteiger partial charge in [-0.2, -0.15) is 0 Å². The molecule has 3 aliphatic heterocycles. The van der Waals surface area contributed by atoms with E-state index < -0.39 is 0 Å². The first-order chi connectivity index (χ1) is 11.7. The molecule has 7 heteroatoms. The second-order valence-electron chi connectivity index (χ2n) is 6.77. The molecule has 2 fully saturated rings. The third kappa shape index (κ3) is 2.98. The zero-order valence-electron chi connectivity index (χ0n) is 14.3. The average Bonchev–Trinajstić information content (AvgIpc) is 3.24. The van der Waals surface area contributed by atoms with Crippen molar-refractivity contribution in [3.63, 3.8) is 0 Å². The first kappa shape index (κ1) is 15.8. The maximum Gasteiger partial charge on any atom is 0.257 e. The molecule has 0 aliphatic carbocycles. The van der Waals surface area contributed by atoms with E-state index in [1.165, 1.54) is 0 Å². The molecule has 24 heavy (non-hydrogen) atoms. The summed E-state index contributed by atoms with van der Waals surface area (Å²) in [6, 6.07) is 0. The Bertz CT molecular complexity index is 609. The van der Waals surface area contributed by atoms with Gasteiger partial charge in [-0.3, -0.25) is 4.79 Å². The molecule has 2 saturated heterocycles. The van der Waals surface area contributed by atoms with Gasteiger partial charge >= 0.3 is 0 Å². The number of anilines is 1. The lowest BCUT2D eigenvalue weighted by atomic mass is 10.2. The van der Waals surface area contributed by atoms with E-state index in [-0.39, 0.29) is 12.0 Å². The Hall–Kier alpha value is -1.73. The lowest BCUT2D eigenvalue weighted by Gasteiger charge is -2.34. The third-order valence-corrected chi connectivity index (χ3v) is 5.26. The molecular formula is C17H25N5O2. The average molecular weight is 331 g/mol. The van der Waals surface area contributed by atoms with Crippen molar-refractivity contribution in [3.8, 4) is 0 Å². The predicted octanol–water partition coefficient (Wildman–Crippen LogP) is 0.753. The van der Waals surface area contributed by atoms with E-state index in [0.29, 0.717) is 18.7 Å². The van der Waals surface area contributed by atoms with Gasteiger partial charge in [-0.1, -0.05) is 6.92 Å². The number of hydrogen-bond donors (Lipinski definition) is 0. The summed E-state index contributed by atoms with van der Waals surface area (Å²) in [4.78, 5) is 28.2. The second-order valence-corrected chi connectivity index (χ2v) is 6.77. The summed E-state index contributed by atoms with van der Waals surface area (Å²) in [5.41, 5.74) is 1.52. The van der Waals surface area contributed by atoms with E-state index in [9.17, 15) is 4.79 Å². The van der Waals surface area contributed by atoms with Gasteiger partial charge in [0.25, 0.3) is 5.91 Å². The summed E-state index contributed by atoms with van der Waals surface area (Å²) in [7, 11) is 0. The van der Waals surface area contributed by atoms with Gasteiger partial charge in [-0.15, -0.1) is 0 Å². The largest absolute Gasteiger partial charge is 0.376 e. The molecule has 130 valence electrons. The highest BCUT2D eigenvalue weighted by Gasteiger charge is 2.32. The summed E-state index contributed by atoms with van der Waals surface area (Å²) in [6.45, 7) is 9.31. The van der Waals surface area contributed by atoms with Gasteiger partial charge in [0.15, 0.2) is 0 Å². The van der Waals surface area contributed by atoms with Gasteiger partial charge in [-0.25, -0.2) is 9.97 Å². The first-order valence-electron chi connectivity index (χ1n) is 8.98. The first-order valence-corrected chi connectivity index (χ1v) is 8.98. The van der Waals surface area contributed by atoms with Gasteiger partial charge in [0.1, 0.15) is 0 Å². The number of piperazine rings is 1. The van der Waals surface area contributed by atoms with Crippen molar-refractivity contribution >= 4 is 11.9 Å². The van der Waals surface area contributed by atoms with Crippen molar-refractivity contribution < 1.29 is 9.53 Å². The topological polar surface area (TPSA) is 61.8 Å². The van der Waals surface area contributed by atoms with Crippen molar-refractivity contribution in [2.45, 2.75) is 32.4 Å². The number of carbonyl (C=O) groups is 1. The molecule has 4 heterocycles. The fourth-order valence-corrected chi connectivity index (χ4v) is 3.73. The van der Waals surface area contributed by atoms with Crippen molar-refractivity contribution in [2.24, 2.45) is 0 Å². The van der Waals surface area contributed by atoms with Gasteiger partial charge in [-0.05, 0) is 19.4 Å². The van der Waals surface area contributed by atoms with E-state index in [2.05, 4.69) is 21.7 Å². The number of carbonyl (C=O) groups excluding carboxylic acids is 1. The second kappa shape index (κ2) is 6.64. The van der Waals surface area contributed by atoms with Gasteiger partial charge in [0.2, 0.25) is 5.95 Å². The molecule has 4 rings (SSSR count). The lowest BCUT2D eigenvalue weighted by molar-refractivity contribution is 0.0544. The lowest BCUT2D eigenvalue weighted by Crippen LogP contribution is -2.46. The third-order valence-electron chi connectivity index (χ3n) is 5.26. The molecule has 1 aromatic rings. The number of likely N-dealkylation sites (N-methyl/N-ethyl adjacent to an activating group) is 1. The van der Waals surface area contributed by atoms with E-state index >= 15 is 0 Å². The summed E-state index contributed by atoms with van der Waals surface area (Å²) in [5, 5.41) is 0. The maximum atomic E-state index is 12.5. The van der Waals surface area contributed by atoms with Gasteiger partial charge < -0.3 is 19.4 Å².